The van der Waals surface area contributed by atoms with Gasteiger partial charge in [-0.1, -0.05) is 0 Å². The van der Waals surface area contributed by atoms with Gasteiger partial charge in [-0.2, -0.15) is 5.26 Å². The summed E-state index contributed by atoms with van der Waals surface area (Å²) in [6, 6.07) is 8.74. The number of aliphatic hydroxyl groups excluding tert-OH is 1. The maximum Gasteiger partial charge on any atom is 0.227 e. The highest BCUT2D eigenvalue weighted by molar-refractivity contribution is 5.96. The minimum Gasteiger partial charge on any atom is -0.394 e. The summed E-state index contributed by atoms with van der Waals surface area (Å²) in [4.78, 5) is 13.3. The Kier molecular flexibility index (Phi) is 2.88. The Morgan fingerprint density at radius 3 is 2.69 bits per heavy atom. The number of rotatable bonds is 2. The van der Waals surface area contributed by atoms with Crippen LogP contribution in [0.3, 0.4) is 0 Å². The molecule has 1 aromatic rings. The third-order valence-corrected chi connectivity index (χ3v) is 2.81. The first-order valence-electron chi connectivity index (χ1n) is 5.19. The van der Waals surface area contributed by atoms with Crippen LogP contribution in [0.5, 0.6) is 0 Å². The molecule has 1 N–H and O–H groups in total. The van der Waals surface area contributed by atoms with Crippen LogP contribution in [-0.4, -0.2) is 23.7 Å². The molecule has 0 aliphatic carbocycles. The number of hydrogen-bond donors (Lipinski definition) is 1. The number of nitrogens with zero attached hydrogens (tertiary/aromatic N) is 2. The molecule has 1 unspecified atom stereocenters. The van der Waals surface area contributed by atoms with Gasteiger partial charge >= 0.3 is 0 Å². The van der Waals surface area contributed by atoms with E-state index in [-0.39, 0.29) is 18.6 Å². The lowest BCUT2D eigenvalue weighted by Crippen LogP contribution is -2.35. The van der Waals surface area contributed by atoms with Crippen molar-refractivity contribution in [3.05, 3.63) is 29.8 Å². The van der Waals surface area contributed by atoms with Crippen molar-refractivity contribution in [3.8, 4) is 6.07 Å². The van der Waals surface area contributed by atoms with Crippen molar-refractivity contribution in [1.82, 2.24) is 0 Å². The molecule has 2 rings (SSSR count). The fraction of sp³-hybridized carbons (Fsp3) is 0.333. The van der Waals surface area contributed by atoms with Crippen LogP contribution in [0.2, 0.25) is 0 Å². The van der Waals surface area contributed by atoms with Crippen LogP contribution in [0.15, 0.2) is 24.3 Å². The van der Waals surface area contributed by atoms with Gasteiger partial charge in [-0.05, 0) is 30.7 Å². The van der Waals surface area contributed by atoms with Crippen molar-refractivity contribution < 1.29 is 9.90 Å². The number of aliphatic hydroxyl groups is 1. The number of carbonyl (C=O) groups is 1. The van der Waals surface area contributed by atoms with Gasteiger partial charge in [-0.25, -0.2) is 0 Å². The second kappa shape index (κ2) is 4.33. The van der Waals surface area contributed by atoms with E-state index in [2.05, 4.69) is 0 Å². The van der Waals surface area contributed by atoms with Crippen LogP contribution in [0, 0.1) is 11.3 Å². The van der Waals surface area contributed by atoms with Crippen LogP contribution in [0.4, 0.5) is 5.69 Å². The molecule has 1 atom stereocenters. The number of nitriles is 1. The Labute approximate surface area is 93.7 Å². The molecule has 1 amide bonds. The topological polar surface area (TPSA) is 64.3 Å². The van der Waals surface area contributed by atoms with Crippen molar-refractivity contribution in [1.29, 1.82) is 5.26 Å². The first-order chi connectivity index (χ1) is 7.76. The Balaban J connectivity index is 2.28. The van der Waals surface area contributed by atoms with Crippen molar-refractivity contribution in [2.75, 3.05) is 11.5 Å². The molecule has 82 valence electrons. The second-order valence-corrected chi connectivity index (χ2v) is 3.80. The maximum atomic E-state index is 11.6. The molecule has 1 heterocycles. The maximum absolute atomic E-state index is 11.6. The summed E-state index contributed by atoms with van der Waals surface area (Å²) >= 11 is 0. The number of hydrogen-bond acceptors (Lipinski definition) is 3. The van der Waals surface area contributed by atoms with Gasteiger partial charge in [-0.15, -0.1) is 0 Å². The smallest absolute Gasteiger partial charge is 0.227 e. The average molecular weight is 216 g/mol. The van der Waals surface area contributed by atoms with E-state index in [4.69, 9.17) is 5.26 Å². The fourth-order valence-corrected chi connectivity index (χ4v) is 1.97. The highest BCUT2D eigenvalue weighted by atomic mass is 16.3. The number of carbonyl (C=O) groups excluding carboxylic acids is 1. The van der Waals surface area contributed by atoms with E-state index in [1.165, 1.54) is 0 Å². The summed E-state index contributed by atoms with van der Waals surface area (Å²) in [7, 11) is 0. The van der Waals surface area contributed by atoms with E-state index >= 15 is 0 Å². The van der Waals surface area contributed by atoms with E-state index in [0.29, 0.717) is 18.4 Å². The van der Waals surface area contributed by atoms with Gasteiger partial charge in [0.1, 0.15) is 0 Å². The zero-order chi connectivity index (χ0) is 11.5. The van der Waals surface area contributed by atoms with E-state index in [1.807, 2.05) is 6.07 Å². The Morgan fingerprint density at radius 2 is 2.12 bits per heavy atom. The molecule has 1 saturated heterocycles. The molecule has 1 aliphatic heterocycles. The summed E-state index contributed by atoms with van der Waals surface area (Å²) in [5.41, 5.74) is 1.32. The summed E-state index contributed by atoms with van der Waals surface area (Å²) < 4.78 is 0. The highest BCUT2D eigenvalue weighted by Crippen LogP contribution is 2.26. The predicted molar refractivity (Wildman–Crippen MR) is 58.8 cm³/mol. The SMILES string of the molecule is N#Cc1ccc(N2C(=O)CCC2CO)cc1. The van der Waals surface area contributed by atoms with Crippen LogP contribution >= 0.6 is 0 Å². The molecule has 0 radical (unpaired) electrons. The number of amides is 1. The summed E-state index contributed by atoms with van der Waals surface area (Å²) in [6.07, 6.45) is 1.17. The summed E-state index contributed by atoms with van der Waals surface area (Å²) in [5, 5.41) is 17.8. The predicted octanol–water partition coefficient (Wildman–Crippen LogP) is 1.05. The van der Waals surface area contributed by atoms with Gasteiger partial charge in [0.05, 0.1) is 24.3 Å². The summed E-state index contributed by atoms with van der Waals surface area (Å²) in [5.74, 6) is 0.0313. The van der Waals surface area contributed by atoms with Crippen molar-refractivity contribution in [2.24, 2.45) is 0 Å². The highest BCUT2D eigenvalue weighted by Gasteiger charge is 2.31. The monoisotopic (exact) mass is 216 g/mol. The molecule has 1 aliphatic rings. The lowest BCUT2D eigenvalue weighted by Gasteiger charge is -2.23. The third kappa shape index (κ3) is 1.77. The first-order valence-corrected chi connectivity index (χ1v) is 5.19. The Morgan fingerprint density at radius 1 is 1.44 bits per heavy atom. The van der Waals surface area contributed by atoms with Gasteiger partial charge in [0, 0.05) is 12.1 Å². The Bertz CT molecular complexity index is 433. The molecule has 0 spiro atoms. The number of benzene rings is 1. The summed E-state index contributed by atoms with van der Waals surface area (Å²) in [6.45, 7) is -0.0221. The molecule has 1 fully saturated rings. The van der Waals surface area contributed by atoms with Crippen molar-refractivity contribution in [3.63, 3.8) is 0 Å². The van der Waals surface area contributed by atoms with Crippen LogP contribution in [-0.2, 0) is 4.79 Å². The van der Waals surface area contributed by atoms with Crippen LogP contribution < -0.4 is 4.90 Å². The molecule has 0 bridgehead atoms. The lowest BCUT2D eigenvalue weighted by atomic mass is 10.2. The molecule has 4 heteroatoms. The molecule has 16 heavy (non-hydrogen) atoms. The van der Waals surface area contributed by atoms with Gasteiger partial charge < -0.3 is 10.0 Å². The molecular weight excluding hydrogens is 204 g/mol. The van der Waals surface area contributed by atoms with E-state index in [9.17, 15) is 9.90 Å². The van der Waals surface area contributed by atoms with Gasteiger partial charge in [0.25, 0.3) is 0 Å². The van der Waals surface area contributed by atoms with Gasteiger partial charge in [0.15, 0.2) is 0 Å². The van der Waals surface area contributed by atoms with E-state index < -0.39 is 0 Å². The molecule has 4 nitrogen and oxygen atoms in total. The molecule has 0 saturated carbocycles. The fourth-order valence-electron chi connectivity index (χ4n) is 1.97. The van der Waals surface area contributed by atoms with Crippen LogP contribution in [0.1, 0.15) is 18.4 Å². The zero-order valence-corrected chi connectivity index (χ0v) is 8.76. The molecule has 0 aromatic heterocycles. The Hall–Kier alpha value is -1.86. The number of anilines is 1. The molecular formula is C12H12N2O2. The minimum atomic E-state index is -0.125. The van der Waals surface area contributed by atoms with Gasteiger partial charge in [0.2, 0.25) is 5.91 Å². The minimum absolute atomic E-state index is 0.0221. The largest absolute Gasteiger partial charge is 0.394 e. The average Bonchev–Trinajstić information content (AvgIpc) is 2.70. The lowest BCUT2D eigenvalue weighted by molar-refractivity contribution is -0.117. The zero-order valence-electron chi connectivity index (χ0n) is 8.76. The normalized spacial score (nSPS) is 19.9. The second-order valence-electron chi connectivity index (χ2n) is 3.80. The first kappa shape index (κ1) is 10.7. The third-order valence-electron chi connectivity index (χ3n) is 2.81. The van der Waals surface area contributed by atoms with Gasteiger partial charge in [-0.3, -0.25) is 4.79 Å². The molecule has 1 aromatic carbocycles. The quantitative estimate of drug-likeness (QED) is 0.803. The van der Waals surface area contributed by atoms with E-state index in [0.717, 1.165) is 5.69 Å². The standard InChI is InChI=1S/C12H12N2O2/c13-7-9-1-3-10(4-2-9)14-11(8-15)5-6-12(14)16/h1-4,11,15H,5-6,8H2. The van der Waals surface area contributed by atoms with Crippen molar-refractivity contribution in [2.45, 2.75) is 18.9 Å². The van der Waals surface area contributed by atoms with Crippen molar-refractivity contribution >= 4 is 11.6 Å². The van der Waals surface area contributed by atoms with Crippen LogP contribution in [0.25, 0.3) is 0 Å². The van der Waals surface area contributed by atoms with E-state index in [1.54, 1.807) is 29.2 Å².